The lowest BCUT2D eigenvalue weighted by Crippen LogP contribution is -2.54. The van der Waals surface area contributed by atoms with Crippen LogP contribution in [0.15, 0.2) is 119 Å². The summed E-state index contributed by atoms with van der Waals surface area (Å²) in [6.07, 6.45) is 0.663. The Hall–Kier alpha value is -3.83. The van der Waals surface area contributed by atoms with Crippen LogP contribution in [0.25, 0.3) is 0 Å². The van der Waals surface area contributed by atoms with Crippen molar-refractivity contribution in [1.82, 2.24) is 0 Å². The molecule has 2 atom stereocenters. The van der Waals surface area contributed by atoms with Crippen LogP contribution in [0.1, 0.15) is 33.8 Å². The molecule has 0 fully saturated rings. The summed E-state index contributed by atoms with van der Waals surface area (Å²) in [6.45, 7) is 0. The summed E-state index contributed by atoms with van der Waals surface area (Å²) in [7, 11) is 1.67. The molecule has 5 heteroatoms. The van der Waals surface area contributed by atoms with Gasteiger partial charge < -0.3 is 4.74 Å². The predicted molar refractivity (Wildman–Crippen MR) is 146 cm³/mol. The number of carbonyl (C=O) groups excluding carboxylic acids is 1. The summed E-state index contributed by atoms with van der Waals surface area (Å²) in [5.41, 5.74) is 3.76. The number of para-hydroxylation sites is 1. The fourth-order valence-electron chi connectivity index (χ4n) is 5.44. The lowest BCUT2D eigenvalue weighted by atomic mass is 9.70. The first-order valence-corrected chi connectivity index (χ1v) is 13.1. The normalized spacial score (nSPS) is 21.1. The molecule has 0 aliphatic carbocycles. The number of hydrogen-bond donors (Lipinski definition) is 0. The zero-order valence-electron chi connectivity index (χ0n) is 20.0. The van der Waals surface area contributed by atoms with Gasteiger partial charge in [0.05, 0.1) is 24.4 Å². The molecule has 2 aliphatic heterocycles. The molecular weight excluding hydrogens is 464 g/mol. The summed E-state index contributed by atoms with van der Waals surface area (Å²) < 4.78 is 5.45. The van der Waals surface area contributed by atoms with E-state index in [0.29, 0.717) is 6.42 Å². The van der Waals surface area contributed by atoms with Gasteiger partial charge in [-0.25, -0.2) is 0 Å². The van der Waals surface area contributed by atoms with Crippen LogP contribution >= 0.6 is 11.8 Å². The van der Waals surface area contributed by atoms with Crippen molar-refractivity contribution in [2.75, 3.05) is 17.9 Å². The maximum absolute atomic E-state index is 14.8. The van der Waals surface area contributed by atoms with Gasteiger partial charge >= 0.3 is 0 Å². The molecule has 0 saturated carbocycles. The first-order chi connectivity index (χ1) is 17.7. The lowest BCUT2D eigenvalue weighted by Gasteiger charge is -2.40. The third-order valence-corrected chi connectivity index (χ3v) is 8.20. The zero-order chi connectivity index (χ0) is 24.5. The second-order valence-corrected chi connectivity index (χ2v) is 10.2. The largest absolute Gasteiger partial charge is 0.497 e. The van der Waals surface area contributed by atoms with Gasteiger partial charge in [-0.05, 0) is 47.9 Å². The third kappa shape index (κ3) is 3.62. The number of methoxy groups -OCH3 is 1. The minimum absolute atomic E-state index is 0.113. The Morgan fingerprint density at radius 2 is 1.53 bits per heavy atom. The van der Waals surface area contributed by atoms with E-state index in [2.05, 4.69) is 30.3 Å². The van der Waals surface area contributed by atoms with Gasteiger partial charge in [-0.15, -0.1) is 11.8 Å². The highest BCUT2D eigenvalue weighted by atomic mass is 32.2. The number of fused-ring (bicyclic) bond motifs is 1. The summed E-state index contributed by atoms with van der Waals surface area (Å²) in [5, 5.41) is 7.27. The van der Waals surface area contributed by atoms with Gasteiger partial charge in [-0.2, -0.15) is 5.10 Å². The molecule has 2 aliphatic rings. The van der Waals surface area contributed by atoms with Gasteiger partial charge in [0.25, 0.3) is 0 Å². The number of carbonyl (C=O) groups is 1. The molecule has 178 valence electrons. The number of nitrogens with zero attached hydrogens (tertiary/aromatic N) is 2. The topological polar surface area (TPSA) is 41.9 Å². The van der Waals surface area contributed by atoms with E-state index in [1.165, 1.54) is 0 Å². The molecule has 0 radical (unpaired) electrons. The maximum Gasteiger partial charge on any atom is 0.192 e. The highest BCUT2D eigenvalue weighted by Gasteiger charge is 2.58. The van der Waals surface area contributed by atoms with E-state index in [1.807, 2.05) is 83.9 Å². The molecule has 4 aromatic rings. The molecular formula is C31H26N2O2S. The number of thioether (sulfide) groups is 1. The third-order valence-electron chi connectivity index (χ3n) is 7.12. The molecule has 6 rings (SSSR count). The van der Waals surface area contributed by atoms with E-state index in [4.69, 9.17) is 9.84 Å². The average molecular weight is 491 g/mol. The molecule has 4 nitrogen and oxygen atoms in total. The van der Waals surface area contributed by atoms with E-state index >= 15 is 0 Å². The van der Waals surface area contributed by atoms with Gasteiger partial charge in [0.2, 0.25) is 0 Å². The maximum atomic E-state index is 14.8. The van der Waals surface area contributed by atoms with Crippen molar-refractivity contribution in [3.63, 3.8) is 0 Å². The highest BCUT2D eigenvalue weighted by Crippen LogP contribution is 2.51. The summed E-state index contributed by atoms with van der Waals surface area (Å²) >= 11 is 1.75. The summed E-state index contributed by atoms with van der Waals surface area (Å²) in [5.74, 6) is 1.46. The van der Waals surface area contributed by atoms with E-state index in [-0.39, 0.29) is 11.7 Å². The Kier molecular flexibility index (Phi) is 5.86. The van der Waals surface area contributed by atoms with Crippen LogP contribution < -0.4 is 9.75 Å². The Morgan fingerprint density at radius 3 is 2.25 bits per heavy atom. The molecule has 0 saturated heterocycles. The average Bonchev–Trinajstić information content (AvgIpc) is 3.22. The Morgan fingerprint density at radius 1 is 0.861 bits per heavy atom. The van der Waals surface area contributed by atoms with Crippen molar-refractivity contribution in [2.45, 2.75) is 22.8 Å². The number of ketones is 1. The smallest absolute Gasteiger partial charge is 0.192 e. The van der Waals surface area contributed by atoms with Gasteiger partial charge in [0.15, 0.2) is 5.78 Å². The van der Waals surface area contributed by atoms with Gasteiger partial charge in [0.1, 0.15) is 11.3 Å². The first-order valence-electron chi connectivity index (χ1n) is 12.1. The molecule has 2 heterocycles. The molecule has 4 aromatic carbocycles. The Bertz CT molecular complexity index is 1420. The van der Waals surface area contributed by atoms with E-state index in [0.717, 1.165) is 44.5 Å². The minimum Gasteiger partial charge on any atom is -0.497 e. The van der Waals surface area contributed by atoms with E-state index in [9.17, 15) is 4.79 Å². The molecule has 0 bridgehead atoms. The Labute approximate surface area is 215 Å². The van der Waals surface area contributed by atoms with Crippen LogP contribution in [0.3, 0.4) is 0 Å². The fraction of sp³-hybridized carbons (Fsp3) is 0.161. The number of ether oxygens (including phenoxy) is 1. The number of Topliss-reactive ketones (excluding diaryl/α,β-unsaturated/α-hetero) is 1. The van der Waals surface area contributed by atoms with Crippen molar-refractivity contribution in [1.29, 1.82) is 0 Å². The highest BCUT2D eigenvalue weighted by molar-refractivity contribution is 7.99. The van der Waals surface area contributed by atoms with Gasteiger partial charge in [0, 0.05) is 16.2 Å². The number of hydrogen-bond acceptors (Lipinski definition) is 5. The second kappa shape index (κ2) is 9.32. The van der Waals surface area contributed by atoms with Crippen LogP contribution in [0, 0.1) is 0 Å². The molecule has 0 unspecified atom stereocenters. The van der Waals surface area contributed by atoms with Crippen LogP contribution in [0.4, 0.5) is 5.69 Å². The van der Waals surface area contributed by atoms with Gasteiger partial charge in [-0.3, -0.25) is 9.80 Å². The van der Waals surface area contributed by atoms with Crippen molar-refractivity contribution in [2.24, 2.45) is 5.10 Å². The first kappa shape index (κ1) is 22.6. The van der Waals surface area contributed by atoms with Crippen molar-refractivity contribution < 1.29 is 9.53 Å². The molecule has 0 aromatic heterocycles. The lowest BCUT2D eigenvalue weighted by molar-refractivity contribution is 0.0874. The fourth-order valence-corrected chi connectivity index (χ4v) is 6.57. The number of anilines is 1. The standard InChI is InChI=1S/C31H26N2O2S/c1-35-25-18-16-22(17-19-25)28-29(23-10-4-2-5-11-23)32-33(24-12-6-3-7-13-24)31(28)20-21-36-27-15-9-8-14-26(27)30(31)34/h2-19,28H,20-21H2,1H3/t28-,31-/m1/s1. The quantitative estimate of drug-likeness (QED) is 0.315. The van der Waals surface area contributed by atoms with Crippen LogP contribution in [-0.4, -0.2) is 29.9 Å². The zero-order valence-corrected chi connectivity index (χ0v) is 20.8. The molecule has 0 N–H and O–H groups in total. The predicted octanol–water partition coefficient (Wildman–Crippen LogP) is 6.82. The number of benzene rings is 4. The monoisotopic (exact) mass is 490 g/mol. The summed E-state index contributed by atoms with van der Waals surface area (Å²) in [6, 6.07) is 36.4. The Balaban J connectivity index is 1.63. The SMILES string of the molecule is COc1ccc([C@@H]2C(c3ccccc3)=NN(c3ccccc3)[C@]23CCSc2ccccc2C3=O)cc1. The summed E-state index contributed by atoms with van der Waals surface area (Å²) in [4.78, 5) is 15.8. The van der Waals surface area contributed by atoms with Crippen LogP contribution in [-0.2, 0) is 0 Å². The van der Waals surface area contributed by atoms with Crippen LogP contribution in [0.5, 0.6) is 5.75 Å². The van der Waals surface area contributed by atoms with Crippen molar-refractivity contribution in [3.8, 4) is 5.75 Å². The molecule has 36 heavy (non-hydrogen) atoms. The second-order valence-electron chi connectivity index (χ2n) is 9.05. The van der Waals surface area contributed by atoms with E-state index in [1.54, 1.807) is 18.9 Å². The molecule has 0 amide bonds. The number of hydrazone groups is 1. The molecule has 1 spiro atoms. The van der Waals surface area contributed by atoms with Gasteiger partial charge in [-0.1, -0.05) is 78.9 Å². The van der Waals surface area contributed by atoms with Crippen molar-refractivity contribution >= 4 is 28.9 Å². The van der Waals surface area contributed by atoms with Crippen molar-refractivity contribution in [3.05, 3.63) is 126 Å². The number of rotatable bonds is 4. The minimum atomic E-state index is -0.902. The van der Waals surface area contributed by atoms with Crippen LogP contribution in [0.2, 0.25) is 0 Å². The van der Waals surface area contributed by atoms with E-state index < -0.39 is 5.54 Å².